The van der Waals surface area contributed by atoms with E-state index in [9.17, 15) is 19.2 Å². The molecule has 4 saturated heterocycles. The molecule has 12 aromatic heterocycles. The fourth-order valence-electron chi connectivity index (χ4n) is 17.5. The maximum Gasteiger partial charge on any atom is 0.273 e. The van der Waals surface area contributed by atoms with Crippen LogP contribution in [-0.4, -0.2) is 178 Å². The van der Waals surface area contributed by atoms with Crippen LogP contribution < -0.4 is 18.9 Å². The molecule has 12 atom stereocenters. The number of hydrogen-bond acceptors (Lipinski definition) is 24. The summed E-state index contributed by atoms with van der Waals surface area (Å²) in [6.07, 6.45) is 31.8. The van der Waals surface area contributed by atoms with Crippen LogP contribution in [0.4, 0.5) is 0 Å². The van der Waals surface area contributed by atoms with Crippen LogP contribution in [0.25, 0.3) is 45.9 Å². The maximum absolute atomic E-state index is 13.5. The average molecular weight is 1550 g/mol. The zero-order valence-electron chi connectivity index (χ0n) is 64.7. The Balaban J connectivity index is 0.000000111. The molecule has 4 aliphatic heterocycles. The van der Waals surface area contributed by atoms with Crippen LogP contribution >= 0.6 is 0 Å². The molecule has 8 bridgehead atoms. The lowest BCUT2D eigenvalue weighted by Gasteiger charge is -2.33. The van der Waals surface area contributed by atoms with Crippen LogP contribution in [0.5, 0.6) is 23.5 Å². The Bertz CT molecular complexity index is 5140. The van der Waals surface area contributed by atoms with Crippen molar-refractivity contribution in [1.82, 2.24) is 79.4 Å². The minimum Gasteiger partial charge on any atom is -0.472 e. The first-order valence-electron chi connectivity index (χ1n) is 39.0. The number of fused-ring (bicyclic) bond motifs is 8. The number of ether oxygens (including phenoxy) is 4. The number of oxazole rings is 4. The molecule has 16 heterocycles. The monoisotopic (exact) mass is 1550 g/mol. The largest absolute Gasteiger partial charge is 0.472 e. The third-order valence-corrected chi connectivity index (χ3v) is 22.8. The summed E-state index contributed by atoms with van der Waals surface area (Å²) >= 11 is 0. The molecule has 12 unspecified atom stereocenters. The minimum absolute atomic E-state index is 0.0234. The highest BCUT2D eigenvalue weighted by atomic mass is 16.5. The topological polar surface area (TPSA) is 325 Å². The van der Waals surface area contributed by atoms with E-state index in [-0.39, 0.29) is 72.2 Å². The summed E-state index contributed by atoms with van der Waals surface area (Å²) in [6.45, 7) is 16.6. The Kier molecular flexibility index (Phi) is 21.0. The van der Waals surface area contributed by atoms with Crippen LogP contribution in [0.15, 0.2) is 196 Å². The Morgan fingerprint density at radius 1 is 0.348 bits per heavy atom. The Hall–Kier alpha value is -12.9. The van der Waals surface area contributed by atoms with Crippen molar-refractivity contribution < 1.29 is 55.8 Å². The third-order valence-electron chi connectivity index (χ3n) is 22.8. The van der Waals surface area contributed by atoms with Gasteiger partial charge in [-0.2, -0.15) is 0 Å². The summed E-state index contributed by atoms with van der Waals surface area (Å²) in [5, 5.41) is 0. The second kappa shape index (κ2) is 32.3. The number of hydrogen-bond donors (Lipinski definition) is 0. The van der Waals surface area contributed by atoms with Crippen molar-refractivity contribution in [2.75, 3.05) is 26.2 Å². The van der Waals surface area contributed by atoms with Gasteiger partial charge in [0, 0.05) is 99.5 Å². The molecule has 0 N–H and O–H groups in total. The van der Waals surface area contributed by atoms with Gasteiger partial charge in [0.1, 0.15) is 72.2 Å². The predicted octanol–water partition coefficient (Wildman–Crippen LogP) is 13.4. The van der Waals surface area contributed by atoms with Gasteiger partial charge >= 0.3 is 0 Å². The highest BCUT2D eigenvalue weighted by molar-refractivity contribution is 6.01. The number of carbonyl (C=O) groups is 4. The van der Waals surface area contributed by atoms with Crippen LogP contribution in [0.2, 0.25) is 0 Å². The van der Waals surface area contributed by atoms with Gasteiger partial charge in [-0.05, 0) is 193 Å². The molecule has 0 aromatic carbocycles. The summed E-state index contributed by atoms with van der Waals surface area (Å²) in [5.41, 5.74) is 11.0. The molecule has 586 valence electrons. The highest BCUT2D eigenvalue weighted by Crippen LogP contribution is 2.46. The van der Waals surface area contributed by atoms with E-state index in [4.69, 9.17) is 36.6 Å². The second-order valence-electron chi connectivity index (χ2n) is 31.1. The SMILES string of the molecule is Cc1ccc(OC2CC3CC2N(C(=O)c2cc(C)cnc2-c2ncco2)C3)nc1.Cc1ccc(OC2CC3CC2N(C(=O)c2nc(C)ccc2-c2ncco2)C3)nc1.Cc1ccc(OC2CC3CC2N(C(=O)c2nccc(C)c2-c2ncco2)C3)nc1.Cc1ccc(OC2CC3CC2N(C(=O)c2ncccc2-c2ncco2)C3)nc1. The third kappa shape index (κ3) is 15.9. The number of likely N-dealkylation sites (tertiary alicyclic amines) is 4. The smallest absolute Gasteiger partial charge is 0.273 e. The number of aromatic nitrogens is 12. The van der Waals surface area contributed by atoms with Gasteiger partial charge in [0.2, 0.25) is 47.1 Å². The summed E-state index contributed by atoms with van der Waals surface area (Å²) in [5.74, 6) is 5.42. The number of nitrogens with zero attached hydrogens (tertiary/aromatic N) is 16. The Labute approximate surface area is 663 Å². The fraction of sp³-hybridized carbons (Fsp3) is 0.356. The van der Waals surface area contributed by atoms with Crippen molar-refractivity contribution in [2.45, 2.75) is 148 Å². The van der Waals surface area contributed by atoms with E-state index in [1.54, 1.807) is 74.2 Å². The molecular formula is C87H86N16O12. The van der Waals surface area contributed by atoms with Crippen molar-refractivity contribution in [3.63, 3.8) is 0 Å². The van der Waals surface area contributed by atoms with E-state index in [2.05, 4.69) is 59.8 Å². The molecule has 12 aromatic rings. The number of rotatable bonds is 16. The number of aryl methyl sites for hydroxylation is 7. The quantitative estimate of drug-likeness (QED) is 0.0867. The highest BCUT2D eigenvalue weighted by Gasteiger charge is 2.53. The molecule has 28 heteroatoms. The molecule has 115 heavy (non-hydrogen) atoms. The zero-order chi connectivity index (χ0) is 79.0. The van der Waals surface area contributed by atoms with Gasteiger partial charge < -0.3 is 56.2 Å². The standard InChI is InChI=1S/3C22H22N4O3.C21H20N4O3/c1-13-3-6-19(24-11-13)29-18-10-15-9-17(18)26(12-15)22(27)20-16(5-4-14(2)25-20)21-23-7-8-28-21;1-13-3-4-19(24-10-13)29-18-9-15-8-17(18)26(12-15)22(27)16-7-14(2)11-25-20(16)21-23-5-6-28-21;1-13-3-4-18(25-11-13)29-17-10-15-9-16(17)26(12-15)22(27)20-19(14(2)5-6-23-20)21-24-7-8-28-21;1-13-4-5-18(24-11-13)28-17-10-14-9-16(17)25(12-14)21(26)19-15(3-2-6-22-19)20-23-7-8-27-20/h3-8,11,15,17-18H,9-10,12H2,1-2H3;3-7,10-11,15,17-18H,8-9,12H2,1-2H3;3-8,11,15-17H,9-10,12H2,1-2H3;2-8,11,14,16-17H,9-10,12H2,1H3. The zero-order valence-corrected chi connectivity index (χ0v) is 64.7. The molecule has 4 saturated carbocycles. The van der Waals surface area contributed by atoms with E-state index in [1.807, 2.05) is 147 Å². The number of piperidine rings is 4. The normalized spacial score (nSPS) is 22.9. The number of carbonyl (C=O) groups excluding carboxylic acids is 4. The lowest BCUT2D eigenvalue weighted by molar-refractivity contribution is 0.0459. The van der Waals surface area contributed by atoms with Gasteiger partial charge in [-0.3, -0.25) is 34.1 Å². The molecular weight excluding hydrogens is 1460 g/mol. The summed E-state index contributed by atoms with van der Waals surface area (Å²) in [4.78, 5) is 113. The molecule has 20 rings (SSSR count). The number of pyridine rings is 8. The van der Waals surface area contributed by atoms with Crippen molar-refractivity contribution in [2.24, 2.45) is 23.7 Å². The van der Waals surface area contributed by atoms with Gasteiger partial charge in [0.25, 0.3) is 23.6 Å². The molecule has 4 amide bonds. The Morgan fingerprint density at radius 2 is 0.730 bits per heavy atom. The molecule has 8 fully saturated rings. The lowest BCUT2D eigenvalue weighted by Crippen LogP contribution is -2.47. The van der Waals surface area contributed by atoms with Gasteiger partial charge in [-0.25, -0.2) is 44.9 Å². The average Bonchev–Trinajstić information content (AvgIpc) is 1.64. The summed E-state index contributed by atoms with van der Waals surface area (Å²) < 4.78 is 46.3. The van der Waals surface area contributed by atoms with Gasteiger partial charge in [0.15, 0.2) is 0 Å². The van der Waals surface area contributed by atoms with Gasteiger partial charge in [0.05, 0.1) is 71.2 Å². The van der Waals surface area contributed by atoms with E-state index in [1.165, 1.54) is 25.1 Å². The van der Waals surface area contributed by atoms with Crippen molar-refractivity contribution in [3.05, 3.63) is 240 Å². The van der Waals surface area contributed by atoms with Crippen molar-refractivity contribution >= 4 is 23.6 Å². The van der Waals surface area contributed by atoms with Crippen molar-refractivity contribution in [3.8, 4) is 69.5 Å². The van der Waals surface area contributed by atoms with E-state index < -0.39 is 0 Å². The Morgan fingerprint density at radius 3 is 1.14 bits per heavy atom. The van der Waals surface area contributed by atoms with Crippen LogP contribution in [-0.2, 0) is 0 Å². The van der Waals surface area contributed by atoms with Crippen molar-refractivity contribution in [1.29, 1.82) is 0 Å². The first-order valence-corrected chi connectivity index (χ1v) is 39.0. The summed E-state index contributed by atoms with van der Waals surface area (Å²) in [7, 11) is 0. The van der Waals surface area contributed by atoms with E-state index >= 15 is 0 Å². The fourth-order valence-corrected chi connectivity index (χ4v) is 17.5. The van der Waals surface area contributed by atoms with Crippen LogP contribution in [0.1, 0.15) is 132 Å². The second-order valence-corrected chi connectivity index (χ2v) is 31.1. The summed E-state index contributed by atoms with van der Waals surface area (Å²) in [6, 6.07) is 26.6. The minimum atomic E-state index is -0.105. The maximum atomic E-state index is 13.5. The molecule has 8 aliphatic rings. The van der Waals surface area contributed by atoms with Gasteiger partial charge in [-0.1, -0.05) is 24.3 Å². The molecule has 0 spiro atoms. The molecule has 4 aliphatic carbocycles. The van der Waals surface area contributed by atoms with E-state index in [0.29, 0.717) is 116 Å². The van der Waals surface area contributed by atoms with E-state index in [0.717, 1.165) is 117 Å². The number of amides is 4. The first-order chi connectivity index (χ1) is 55.9. The van der Waals surface area contributed by atoms with Crippen LogP contribution in [0, 0.1) is 72.1 Å². The molecule has 28 nitrogen and oxygen atoms in total. The molecule has 0 radical (unpaired) electrons. The lowest BCUT2D eigenvalue weighted by atomic mass is 10.0. The van der Waals surface area contributed by atoms with Gasteiger partial charge in [-0.15, -0.1) is 0 Å². The first kappa shape index (κ1) is 74.8. The van der Waals surface area contributed by atoms with Crippen LogP contribution in [0.3, 0.4) is 0 Å². The predicted molar refractivity (Wildman–Crippen MR) is 417 cm³/mol.